The lowest BCUT2D eigenvalue weighted by Gasteiger charge is -2.08. The zero-order valence-corrected chi connectivity index (χ0v) is 10.3. The van der Waals surface area contributed by atoms with Gasteiger partial charge in [-0.3, -0.25) is 9.63 Å². The van der Waals surface area contributed by atoms with Crippen LogP contribution >= 0.6 is 0 Å². The number of carbonyl (C=O) groups excluding carboxylic acids is 1. The predicted molar refractivity (Wildman–Crippen MR) is 61.5 cm³/mol. The molecule has 4 nitrogen and oxygen atoms in total. The van der Waals surface area contributed by atoms with Gasteiger partial charge in [0.05, 0.1) is 7.11 Å². The van der Waals surface area contributed by atoms with Crippen molar-refractivity contribution in [2.24, 2.45) is 0 Å². The first-order valence-corrected chi connectivity index (χ1v) is 5.51. The van der Waals surface area contributed by atoms with Gasteiger partial charge in [-0.05, 0) is 24.1 Å². The zero-order chi connectivity index (χ0) is 14.3. The third-order valence-electron chi connectivity index (χ3n) is 2.22. The molecule has 0 aromatic heterocycles. The van der Waals surface area contributed by atoms with Crippen molar-refractivity contribution in [1.29, 1.82) is 0 Å². The van der Waals surface area contributed by atoms with E-state index in [0.29, 0.717) is 12.2 Å². The molecular formula is C12H14F3NO3. The van der Waals surface area contributed by atoms with Gasteiger partial charge in [-0.1, -0.05) is 12.1 Å². The summed E-state index contributed by atoms with van der Waals surface area (Å²) < 4.78 is 40.2. The van der Waals surface area contributed by atoms with E-state index in [-0.39, 0.29) is 6.42 Å². The highest BCUT2D eigenvalue weighted by molar-refractivity contribution is 5.75. The second-order valence-corrected chi connectivity index (χ2v) is 3.78. The Labute approximate surface area is 108 Å². The summed E-state index contributed by atoms with van der Waals surface area (Å²) in [4.78, 5) is 15.2. The molecule has 0 aliphatic rings. The molecule has 0 aliphatic carbocycles. The van der Waals surface area contributed by atoms with Crippen LogP contribution in [0, 0.1) is 0 Å². The molecule has 1 aromatic carbocycles. The second kappa shape index (κ2) is 6.98. The fraction of sp³-hybridized carbons (Fsp3) is 0.417. The van der Waals surface area contributed by atoms with Crippen LogP contribution in [0.5, 0.6) is 5.75 Å². The van der Waals surface area contributed by atoms with Crippen LogP contribution < -0.4 is 10.2 Å². The quantitative estimate of drug-likeness (QED) is 0.811. The summed E-state index contributed by atoms with van der Waals surface area (Å²) in [6.07, 6.45) is -4.00. The molecule has 106 valence electrons. The van der Waals surface area contributed by atoms with Crippen molar-refractivity contribution in [3.63, 3.8) is 0 Å². The smallest absolute Gasteiger partial charge is 0.414 e. The van der Waals surface area contributed by atoms with E-state index in [0.717, 1.165) is 5.56 Å². The number of aryl methyl sites for hydroxylation is 1. The van der Waals surface area contributed by atoms with Gasteiger partial charge in [0.15, 0.2) is 6.61 Å². The van der Waals surface area contributed by atoms with Crippen LogP contribution in [0.2, 0.25) is 0 Å². The number of carbonyl (C=O) groups is 1. The summed E-state index contributed by atoms with van der Waals surface area (Å²) >= 11 is 0. The van der Waals surface area contributed by atoms with E-state index in [2.05, 4.69) is 4.84 Å². The first-order valence-electron chi connectivity index (χ1n) is 5.51. The molecule has 1 aromatic rings. The van der Waals surface area contributed by atoms with Crippen molar-refractivity contribution in [2.75, 3.05) is 13.7 Å². The molecule has 0 saturated heterocycles. The van der Waals surface area contributed by atoms with Gasteiger partial charge in [-0.25, -0.2) is 5.48 Å². The third-order valence-corrected chi connectivity index (χ3v) is 2.22. The standard InChI is InChI=1S/C12H14F3NO3/c1-18-10-5-2-9(3-6-10)4-7-11(17)16-19-8-12(13,14)15/h2-3,5-6H,4,7-8H2,1H3,(H,16,17). The number of rotatable bonds is 6. The van der Waals surface area contributed by atoms with Crippen molar-refractivity contribution < 1.29 is 27.5 Å². The topological polar surface area (TPSA) is 47.6 Å². The average Bonchev–Trinajstić information content (AvgIpc) is 2.35. The van der Waals surface area contributed by atoms with Gasteiger partial charge in [-0.15, -0.1) is 0 Å². The van der Waals surface area contributed by atoms with E-state index < -0.39 is 18.7 Å². The molecular weight excluding hydrogens is 263 g/mol. The summed E-state index contributed by atoms with van der Waals surface area (Å²) in [5.41, 5.74) is 2.63. The SMILES string of the molecule is COc1ccc(CCC(=O)NOCC(F)(F)F)cc1. The highest BCUT2D eigenvalue weighted by Crippen LogP contribution is 2.14. The van der Waals surface area contributed by atoms with E-state index >= 15 is 0 Å². The first kappa shape index (κ1) is 15.3. The molecule has 19 heavy (non-hydrogen) atoms. The number of amides is 1. The Bertz CT molecular complexity index is 404. The molecule has 1 N–H and O–H groups in total. The minimum atomic E-state index is -4.46. The summed E-state index contributed by atoms with van der Waals surface area (Å²) in [5.74, 6) is 0.0989. The van der Waals surface area contributed by atoms with E-state index in [1.807, 2.05) is 0 Å². The molecule has 1 amide bonds. The van der Waals surface area contributed by atoms with Gasteiger partial charge < -0.3 is 4.74 Å². The molecule has 0 atom stereocenters. The van der Waals surface area contributed by atoms with Crippen LogP contribution in [0.1, 0.15) is 12.0 Å². The molecule has 0 aliphatic heterocycles. The number of halogens is 3. The summed E-state index contributed by atoms with van der Waals surface area (Å²) in [6, 6.07) is 7.05. The Morgan fingerprint density at radius 3 is 2.42 bits per heavy atom. The Morgan fingerprint density at radius 1 is 1.26 bits per heavy atom. The maximum atomic E-state index is 11.7. The maximum absolute atomic E-state index is 11.7. The van der Waals surface area contributed by atoms with Gasteiger partial charge in [0.1, 0.15) is 5.75 Å². The van der Waals surface area contributed by atoms with Crippen molar-refractivity contribution in [3.8, 4) is 5.75 Å². The molecule has 0 saturated carbocycles. The van der Waals surface area contributed by atoms with E-state index in [1.165, 1.54) is 0 Å². The Hall–Kier alpha value is -1.76. The van der Waals surface area contributed by atoms with Gasteiger partial charge >= 0.3 is 6.18 Å². The summed E-state index contributed by atoms with van der Waals surface area (Å²) in [7, 11) is 1.54. The predicted octanol–water partition coefficient (Wildman–Crippen LogP) is 2.24. The number of hydroxylamine groups is 1. The first-order chi connectivity index (χ1) is 8.90. The third kappa shape index (κ3) is 6.66. The number of methoxy groups -OCH3 is 1. The molecule has 0 bridgehead atoms. The second-order valence-electron chi connectivity index (χ2n) is 3.78. The highest BCUT2D eigenvalue weighted by Gasteiger charge is 2.28. The van der Waals surface area contributed by atoms with E-state index in [1.54, 1.807) is 36.9 Å². The number of benzene rings is 1. The minimum absolute atomic E-state index is 0.0458. The Kier molecular flexibility index (Phi) is 5.62. The zero-order valence-electron chi connectivity index (χ0n) is 10.3. The normalized spacial score (nSPS) is 11.2. The lowest BCUT2D eigenvalue weighted by molar-refractivity contribution is -0.191. The number of hydrogen-bond acceptors (Lipinski definition) is 3. The van der Waals surface area contributed by atoms with Crippen molar-refractivity contribution in [1.82, 2.24) is 5.48 Å². The molecule has 0 unspecified atom stereocenters. The largest absolute Gasteiger partial charge is 0.497 e. The molecule has 0 spiro atoms. The minimum Gasteiger partial charge on any atom is -0.497 e. The van der Waals surface area contributed by atoms with Crippen molar-refractivity contribution in [3.05, 3.63) is 29.8 Å². The Balaban J connectivity index is 2.26. The van der Waals surface area contributed by atoms with Crippen LogP contribution in [-0.2, 0) is 16.1 Å². The average molecular weight is 277 g/mol. The maximum Gasteiger partial charge on any atom is 0.414 e. The van der Waals surface area contributed by atoms with E-state index in [9.17, 15) is 18.0 Å². The lowest BCUT2D eigenvalue weighted by atomic mass is 10.1. The van der Waals surface area contributed by atoms with Gasteiger partial charge in [-0.2, -0.15) is 13.2 Å². The molecule has 0 fully saturated rings. The van der Waals surface area contributed by atoms with Gasteiger partial charge in [0.2, 0.25) is 5.91 Å². The number of alkyl halides is 3. The highest BCUT2D eigenvalue weighted by atomic mass is 19.4. The lowest BCUT2D eigenvalue weighted by Crippen LogP contribution is -2.29. The summed E-state index contributed by atoms with van der Waals surface area (Å²) in [6.45, 7) is -1.50. The molecule has 0 heterocycles. The van der Waals surface area contributed by atoms with Crippen molar-refractivity contribution >= 4 is 5.91 Å². The monoisotopic (exact) mass is 277 g/mol. The number of ether oxygens (including phenoxy) is 1. The fourth-order valence-corrected chi connectivity index (χ4v) is 1.30. The van der Waals surface area contributed by atoms with Gasteiger partial charge in [0, 0.05) is 6.42 Å². The molecule has 7 heteroatoms. The van der Waals surface area contributed by atoms with E-state index in [4.69, 9.17) is 4.74 Å². The van der Waals surface area contributed by atoms with Crippen LogP contribution in [-0.4, -0.2) is 25.8 Å². The summed E-state index contributed by atoms with van der Waals surface area (Å²) in [5, 5.41) is 0. The van der Waals surface area contributed by atoms with Crippen LogP contribution in [0.3, 0.4) is 0 Å². The fourth-order valence-electron chi connectivity index (χ4n) is 1.30. The molecule has 1 rings (SSSR count). The van der Waals surface area contributed by atoms with Crippen LogP contribution in [0.4, 0.5) is 13.2 Å². The Morgan fingerprint density at radius 2 is 1.89 bits per heavy atom. The van der Waals surface area contributed by atoms with Crippen molar-refractivity contribution in [2.45, 2.75) is 19.0 Å². The molecule has 0 radical (unpaired) electrons. The number of hydrogen-bond donors (Lipinski definition) is 1. The van der Waals surface area contributed by atoms with Crippen LogP contribution in [0.25, 0.3) is 0 Å². The van der Waals surface area contributed by atoms with Gasteiger partial charge in [0.25, 0.3) is 0 Å². The van der Waals surface area contributed by atoms with Crippen LogP contribution in [0.15, 0.2) is 24.3 Å². The number of nitrogens with one attached hydrogen (secondary N) is 1.